The van der Waals surface area contributed by atoms with Crippen LogP contribution in [0.5, 0.6) is 0 Å². The van der Waals surface area contributed by atoms with Crippen LogP contribution in [-0.2, 0) is 18.3 Å². The molecule has 1 unspecified atom stereocenters. The van der Waals surface area contributed by atoms with Crippen molar-refractivity contribution in [2.45, 2.75) is 6.42 Å². The summed E-state index contributed by atoms with van der Waals surface area (Å²) in [4.78, 5) is 23.8. The molecule has 2 heterocycles. The molecule has 4 N–H and O–H groups in total. The number of primary amides is 1. The Kier molecular flexibility index (Phi) is 5.43. The SMILES string of the molecule is Cn1cc(CC(CNC(=O)Nc2sc3ccccc3c2Cl)C(N)=O)cn1. The summed E-state index contributed by atoms with van der Waals surface area (Å²) in [6.45, 7) is 0.124. The number of hydrogen-bond acceptors (Lipinski definition) is 4. The zero-order chi connectivity index (χ0) is 18.7. The summed E-state index contributed by atoms with van der Waals surface area (Å²) in [6.07, 6.45) is 3.90. The molecule has 1 aromatic carbocycles. The van der Waals surface area contributed by atoms with Crippen LogP contribution in [0.4, 0.5) is 9.80 Å². The van der Waals surface area contributed by atoms with E-state index in [4.69, 9.17) is 17.3 Å². The van der Waals surface area contributed by atoms with Crippen molar-refractivity contribution in [2.24, 2.45) is 18.7 Å². The van der Waals surface area contributed by atoms with Crippen molar-refractivity contribution in [1.82, 2.24) is 15.1 Å². The second-order valence-corrected chi connectivity index (χ2v) is 7.33. The molecule has 0 fully saturated rings. The molecule has 3 rings (SSSR count). The fourth-order valence-corrected chi connectivity index (χ4v) is 3.97. The first-order chi connectivity index (χ1) is 12.4. The lowest BCUT2D eigenvalue weighted by Gasteiger charge is -2.13. The molecule has 0 bridgehead atoms. The minimum absolute atomic E-state index is 0.124. The molecule has 0 spiro atoms. The van der Waals surface area contributed by atoms with Gasteiger partial charge in [0.1, 0.15) is 5.00 Å². The number of aromatic nitrogens is 2. The number of rotatable bonds is 6. The lowest BCUT2D eigenvalue weighted by molar-refractivity contribution is -0.121. The number of halogens is 1. The highest BCUT2D eigenvalue weighted by atomic mass is 35.5. The quantitative estimate of drug-likeness (QED) is 0.602. The summed E-state index contributed by atoms with van der Waals surface area (Å²) in [5.74, 6) is -1.00. The van der Waals surface area contributed by atoms with Crippen LogP contribution in [0.1, 0.15) is 5.56 Å². The largest absolute Gasteiger partial charge is 0.369 e. The van der Waals surface area contributed by atoms with Crippen LogP contribution < -0.4 is 16.4 Å². The minimum atomic E-state index is -0.525. The molecule has 0 aliphatic rings. The number of urea groups is 1. The average Bonchev–Trinajstić information content (AvgIpc) is 3.15. The second-order valence-electron chi connectivity index (χ2n) is 5.90. The van der Waals surface area contributed by atoms with Gasteiger partial charge >= 0.3 is 6.03 Å². The summed E-state index contributed by atoms with van der Waals surface area (Å²) in [6, 6.07) is 7.20. The minimum Gasteiger partial charge on any atom is -0.369 e. The average molecular weight is 392 g/mol. The van der Waals surface area contributed by atoms with Gasteiger partial charge in [0.05, 0.1) is 17.1 Å². The zero-order valence-electron chi connectivity index (χ0n) is 14.0. The summed E-state index contributed by atoms with van der Waals surface area (Å²) in [5, 5.41) is 11.4. The van der Waals surface area contributed by atoms with Crippen LogP contribution in [0.25, 0.3) is 10.1 Å². The number of hydrogen-bond donors (Lipinski definition) is 3. The predicted molar refractivity (Wildman–Crippen MR) is 103 cm³/mol. The monoisotopic (exact) mass is 391 g/mol. The standard InChI is InChI=1S/C17H18ClN5O2S/c1-23-9-10(7-21-23)6-11(15(19)24)8-20-17(25)22-16-14(18)12-4-2-3-5-13(12)26-16/h2-5,7,9,11H,6,8H2,1H3,(H2,19,24)(H2,20,22,25). The molecule has 0 saturated heterocycles. The molecule has 0 saturated carbocycles. The van der Waals surface area contributed by atoms with E-state index in [2.05, 4.69) is 15.7 Å². The molecule has 0 radical (unpaired) electrons. The third kappa shape index (κ3) is 4.14. The number of carbonyl (C=O) groups is 2. The molecule has 136 valence electrons. The van der Waals surface area contributed by atoms with Crippen molar-refractivity contribution < 1.29 is 9.59 Å². The number of nitrogens with two attached hydrogens (primary N) is 1. The van der Waals surface area contributed by atoms with E-state index in [0.29, 0.717) is 16.4 Å². The molecule has 26 heavy (non-hydrogen) atoms. The van der Waals surface area contributed by atoms with E-state index in [0.717, 1.165) is 15.6 Å². The number of nitrogens with one attached hydrogen (secondary N) is 2. The van der Waals surface area contributed by atoms with Gasteiger partial charge in [-0.05, 0) is 18.1 Å². The number of benzene rings is 1. The molecule has 3 amide bonds. The topological polar surface area (TPSA) is 102 Å². The number of carbonyl (C=O) groups excluding carboxylic acids is 2. The van der Waals surface area contributed by atoms with Crippen LogP contribution in [0.2, 0.25) is 5.02 Å². The third-order valence-electron chi connectivity index (χ3n) is 3.91. The highest BCUT2D eigenvalue weighted by molar-refractivity contribution is 7.23. The number of thiophene rings is 1. The van der Waals surface area contributed by atoms with Gasteiger partial charge < -0.3 is 11.1 Å². The van der Waals surface area contributed by atoms with Crippen LogP contribution in [0.3, 0.4) is 0 Å². The maximum Gasteiger partial charge on any atom is 0.319 e. The Morgan fingerprint density at radius 1 is 1.38 bits per heavy atom. The van der Waals surface area contributed by atoms with E-state index in [1.807, 2.05) is 30.5 Å². The zero-order valence-corrected chi connectivity index (χ0v) is 15.6. The summed E-state index contributed by atoms with van der Waals surface area (Å²) < 4.78 is 2.64. The third-order valence-corrected chi connectivity index (χ3v) is 5.50. The summed E-state index contributed by atoms with van der Waals surface area (Å²) >= 11 is 7.70. The van der Waals surface area contributed by atoms with Crippen LogP contribution in [0, 0.1) is 5.92 Å². The van der Waals surface area contributed by atoms with Crippen LogP contribution in [0.15, 0.2) is 36.7 Å². The summed E-state index contributed by atoms with van der Waals surface area (Å²) in [5.41, 5.74) is 6.33. The van der Waals surface area contributed by atoms with Crippen LogP contribution in [-0.4, -0.2) is 28.3 Å². The number of aryl methyl sites for hydroxylation is 1. The van der Waals surface area contributed by atoms with Crippen LogP contribution >= 0.6 is 22.9 Å². The van der Waals surface area contributed by atoms with Crippen molar-refractivity contribution >= 4 is 50.0 Å². The van der Waals surface area contributed by atoms with Gasteiger partial charge in [0.15, 0.2) is 0 Å². The van der Waals surface area contributed by atoms with Gasteiger partial charge in [0.25, 0.3) is 0 Å². The lowest BCUT2D eigenvalue weighted by atomic mass is 10.0. The maximum absolute atomic E-state index is 12.2. The molecule has 1 atom stereocenters. The van der Waals surface area contributed by atoms with Crippen molar-refractivity contribution in [3.63, 3.8) is 0 Å². The van der Waals surface area contributed by atoms with Gasteiger partial charge in [0, 0.05) is 29.9 Å². The Labute approximate surface area is 159 Å². The number of nitrogens with zero attached hydrogens (tertiary/aromatic N) is 2. The van der Waals surface area contributed by atoms with Crippen molar-refractivity contribution in [3.8, 4) is 0 Å². The Morgan fingerprint density at radius 2 is 2.15 bits per heavy atom. The molecular weight excluding hydrogens is 374 g/mol. The Balaban J connectivity index is 1.61. The van der Waals surface area contributed by atoms with Crippen molar-refractivity contribution in [3.05, 3.63) is 47.2 Å². The first kappa shape index (κ1) is 18.2. The molecule has 0 aliphatic heterocycles. The number of anilines is 1. The fourth-order valence-electron chi connectivity index (χ4n) is 2.59. The molecular formula is C17H18ClN5O2S. The maximum atomic E-state index is 12.2. The van der Waals surface area contributed by atoms with Gasteiger partial charge in [-0.15, -0.1) is 11.3 Å². The molecule has 3 aromatic rings. The van der Waals surface area contributed by atoms with E-state index in [9.17, 15) is 9.59 Å². The first-order valence-electron chi connectivity index (χ1n) is 7.92. The van der Waals surface area contributed by atoms with Gasteiger partial charge in [-0.2, -0.15) is 5.10 Å². The smallest absolute Gasteiger partial charge is 0.319 e. The van der Waals surface area contributed by atoms with Crippen molar-refractivity contribution in [2.75, 3.05) is 11.9 Å². The highest BCUT2D eigenvalue weighted by Crippen LogP contribution is 2.39. The normalized spacial score (nSPS) is 12.1. The van der Waals surface area contributed by atoms with E-state index < -0.39 is 17.9 Å². The predicted octanol–water partition coefficient (Wildman–Crippen LogP) is 2.75. The Hall–Kier alpha value is -2.58. The van der Waals surface area contributed by atoms with Crippen molar-refractivity contribution in [1.29, 1.82) is 0 Å². The Bertz CT molecular complexity index is 952. The van der Waals surface area contributed by atoms with Gasteiger partial charge in [-0.3, -0.25) is 14.8 Å². The molecule has 9 heteroatoms. The molecule has 7 nitrogen and oxygen atoms in total. The van der Waals surface area contributed by atoms with E-state index in [1.54, 1.807) is 17.9 Å². The number of amides is 3. The molecule has 2 aromatic heterocycles. The molecule has 0 aliphatic carbocycles. The fraction of sp³-hybridized carbons (Fsp3) is 0.235. The lowest BCUT2D eigenvalue weighted by Crippen LogP contribution is -2.39. The van der Waals surface area contributed by atoms with E-state index in [-0.39, 0.29) is 6.54 Å². The first-order valence-corrected chi connectivity index (χ1v) is 9.12. The Morgan fingerprint density at radius 3 is 2.81 bits per heavy atom. The number of fused-ring (bicyclic) bond motifs is 1. The highest BCUT2D eigenvalue weighted by Gasteiger charge is 2.19. The van der Waals surface area contributed by atoms with Gasteiger partial charge in [-0.25, -0.2) is 4.79 Å². The van der Waals surface area contributed by atoms with Gasteiger partial charge in [-0.1, -0.05) is 29.8 Å². The summed E-state index contributed by atoms with van der Waals surface area (Å²) in [7, 11) is 1.79. The van der Waals surface area contributed by atoms with Gasteiger partial charge in [0.2, 0.25) is 5.91 Å². The second kappa shape index (κ2) is 7.76. The van der Waals surface area contributed by atoms with E-state index >= 15 is 0 Å². The van der Waals surface area contributed by atoms with E-state index in [1.165, 1.54) is 11.3 Å².